The van der Waals surface area contributed by atoms with E-state index in [4.69, 9.17) is 0 Å². The van der Waals surface area contributed by atoms with Crippen LogP contribution < -0.4 is 31.1 Å². The molecule has 15 rings (SSSR count). The zero-order valence-electron chi connectivity index (χ0n) is 43.2. The fourth-order valence-corrected chi connectivity index (χ4v) is 14.3. The fourth-order valence-electron chi connectivity index (χ4n) is 14.3. The quantitative estimate of drug-likeness (QED) is 0.141. The van der Waals surface area contributed by atoms with Gasteiger partial charge in [-0.15, -0.1) is 0 Å². The maximum absolute atomic E-state index is 2.79. The minimum atomic E-state index is -0.277. The Bertz CT molecular complexity index is 4010. The van der Waals surface area contributed by atoms with Crippen molar-refractivity contribution in [3.05, 3.63) is 284 Å². The molecule has 3 nitrogen and oxygen atoms in total. The van der Waals surface area contributed by atoms with E-state index in [0.717, 1.165) is 24.2 Å². The molecule has 11 aromatic carbocycles. The summed E-state index contributed by atoms with van der Waals surface area (Å²) in [5.74, 6) is 0. The van der Waals surface area contributed by atoms with Gasteiger partial charge in [0.25, 0.3) is 6.71 Å². The van der Waals surface area contributed by atoms with Crippen LogP contribution in [0.15, 0.2) is 273 Å². The molecule has 1 aliphatic carbocycles. The molecular formula is C73H56BN3. The van der Waals surface area contributed by atoms with Crippen LogP contribution in [0.3, 0.4) is 0 Å². The SMILES string of the molecule is CC12CCCCC1(c1ccccc1)c1ccccc1N2c1cc2c3c(c1)N(c1cccc(-c4ccccc4)c1)c1cc(-c4ccccc4)ccc1B3c1cc(-c3ccccc3)ccc1N2c1ccc(-c2ccccc2)cc1. The third-order valence-electron chi connectivity index (χ3n) is 17.7. The summed E-state index contributed by atoms with van der Waals surface area (Å²) in [5, 5.41) is 0. The Hall–Kier alpha value is -9.12. The van der Waals surface area contributed by atoms with E-state index in [1.165, 1.54) is 119 Å². The summed E-state index contributed by atoms with van der Waals surface area (Å²) in [6, 6.07) is 102. The zero-order chi connectivity index (χ0) is 51.1. The van der Waals surface area contributed by atoms with Crippen molar-refractivity contribution in [1.29, 1.82) is 0 Å². The molecule has 4 heteroatoms. The third-order valence-corrected chi connectivity index (χ3v) is 17.7. The van der Waals surface area contributed by atoms with Crippen LogP contribution in [0.1, 0.15) is 43.7 Å². The molecule has 1 saturated carbocycles. The van der Waals surface area contributed by atoms with Gasteiger partial charge in [-0.05, 0) is 146 Å². The third kappa shape index (κ3) is 7.05. The van der Waals surface area contributed by atoms with Crippen LogP contribution in [0, 0.1) is 0 Å². The number of rotatable bonds is 8. The van der Waals surface area contributed by atoms with Crippen molar-refractivity contribution in [2.75, 3.05) is 14.7 Å². The van der Waals surface area contributed by atoms with Gasteiger partial charge >= 0.3 is 0 Å². The molecular weight excluding hydrogens is 930 g/mol. The summed E-state index contributed by atoms with van der Waals surface area (Å²) in [4.78, 5) is 8.00. The molecule has 0 amide bonds. The van der Waals surface area contributed by atoms with Crippen LogP contribution in [0.5, 0.6) is 0 Å². The Labute approximate surface area is 453 Å². The maximum atomic E-state index is 2.79. The molecule has 0 N–H and O–H groups in total. The van der Waals surface area contributed by atoms with Gasteiger partial charge in [0.1, 0.15) is 0 Å². The minimum Gasteiger partial charge on any atom is -0.334 e. The number of fused-ring (bicyclic) bond motifs is 7. The smallest absolute Gasteiger partial charge is 0.252 e. The van der Waals surface area contributed by atoms with Gasteiger partial charge in [-0.3, -0.25) is 0 Å². The van der Waals surface area contributed by atoms with E-state index in [9.17, 15) is 0 Å². The summed E-state index contributed by atoms with van der Waals surface area (Å²) in [6.07, 6.45) is 4.50. The van der Waals surface area contributed by atoms with E-state index in [1.807, 2.05) is 0 Å². The first kappa shape index (κ1) is 45.3. The highest BCUT2D eigenvalue weighted by Gasteiger charge is 2.61. The predicted octanol–water partition coefficient (Wildman–Crippen LogP) is 17.2. The lowest BCUT2D eigenvalue weighted by atomic mass is 9.33. The van der Waals surface area contributed by atoms with E-state index >= 15 is 0 Å². The molecule has 0 spiro atoms. The molecule has 3 heterocycles. The highest BCUT2D eigenvalue weighted by molar-refractivity contribution is 7.00. The first-order chi connectivity index (χ1) is 38.1. The van der Waals surface area contributed by atoms with Gasteiger partial charge in [0.2, 0.25) is 0 Å². The summed E-state index contributed by atoms with van der Waals surface area (Å²) < 4.78 is 0. The van der Waals surface area contributed by atoms with Crippen molar-refractivity contribution in [2.24, 2.45) is 0 Å². The van der Waals surface area contributed by atoms with Crippen LogP contribution in [0.25, 0.3) is 44.5 Å². The van der Waals surface area contributed by atoms with Gasteiger partial charge in [-0.1, -0.05) is 231 Å². The summed E-state index contributed by atoms with van der Waals surface area (Å²) >= 11 is 0. The summed E-state index contributed by atoms with van der Waals surface area (Å²) in [5.41, 5.74) is 25.4. The average molecular weight is 986 g/mol. The molecule has 2 unspecified atom stereocenters. The Morgan fingerprint density at radius 3 is 1.47 bits per heavy atom. The minimum absolute atomic E-state index is 0.0829. The summed E-state index contributed by atoms with van der Waals surface area (Å²) in [7, 11) is 0. The second kappa shape index (κ2) is 18.0. The number of hydrogen-bond acceptors (Lipinski definition) is 3. The molecule has 0 bridgehead atoms. The molecule has 0 aromatic heterocycles. The number of nitrogens with zero attached hydrogens (tertiary/aromatic N) is 3. The van der Waals surface area contributed by atoms with E-state index in [2.05, 4.69) is 295 Å². The molecule has 1 fully saturated rings. The highest BCUT2D eigenvalue weighted by Crippen LogP contribution is 2.64. The van der Waals surface area contributed by atoms with E-state index in [1.54, 1.807) is 0 Å². The molecule has 77 heavy (non-hydrogen) atoms. The average Bonchev–Trinajstić information content (AvgIpc) is 4.03. The predicted molar refractivity (Wildman–Crippen MR) is 325 cm³/mol. The van der Waals surface area contributed by atoms with Crippen molar-refractivity contribution in [2.45, 2.75) is 43.6 Å². The van der Waals surface area contributed by atoms with Crippen LogP contribution >= 0.6 is 0 Å². The lowest BCUT2D eigenvalue weighted by molar-refractivity contribution is 0.215. The normalized spacial score (nSPS) is 17.7. The summed E-state index contributed by atoms with van der Waals surface area (Å²) in [6.45, 7) is 2.50. The number of para-hydroxylation sites is 1. The largest absolute Gasteiger partial charge is 0.334 e. The van der Waals surface area contributed by atoms with Crippen LogP contribution in [-0.2, 0) is 5.41 Å². The molecule has 366 valence electrons. The second-order valence-corrected chi connectivity index (χ2v) is 21.7. The monoisotopic (exact) mass is 985 g/mol. The molecule has 0 radical (unpaired) electrons. The Morgan fingerprint density at radius 2 is 0.818 bits per heavy atom. The van der Waals surface area contributed by atoms with Crippen LogP contribution in [0.2, 0.25) is 0 Å². The topological polar surface area (TPSA) is 9.72 Å². The van der Waals surface area contributed by atoms with Crippen molar-refractivity contribution in [3.63, 3.8) is 0 Å². The molecule has 3 aliphatic heterocycles. The van der Waals surface area contributed by atoms with Crippen molar-refractivity contribution in [1.82, 2.24) is 0 Å². The van der Waals surface area contributed by atoms with Gasteiger partial charge in [0.05, 0.1) is 5.54 Å². The highest BCUT2D eigenvalue weighted by atomic mass is 15.3. The molecule has 2 atom stereocenters. The molecule has 11 aromatic rings. The van der Waals surface area contributed by atoms with Crippen molar-refractivity contribution in [3.8, 4) is 44.5 Å². The van der Waals surface area contributed by atoms with Crippen molar-refractivity contribution >= 4 is 68.6 Å². The standard InChI is InChI=1S/C73H56BN3/c1-72-44-19-20-45-73(72,59-31-15-6-16-32-59)63-34-17-18-35-66(63)77(72)62-49-69-71-70(50-62)76(61-33-21-30-56(46-61)52-24-9-3-10-25-52)68-48-58(54-28-13-5-14-29-54)38-42-64(68)74(71)65-47-57(53-26-11-4-12-27-53)39-43-67(65)75(69)60-40-36-55(37-41-60)51-22-7-2-8-23-51/h2-18,21-43,46-50H,19-20,44-45H2,1H3. The van der Waals surface area contributed by atoms with E-state index < -0.39 is 0 Å². The molecule has 4 aliphatic rings. The lowest BCUT2D eigenvalue weighted by Gasteiger charge is -2.53. The fraction of sp³-hybridized carbons (Fsp3) is 0.0959. The van der Waals surface area contributed by atoms with Gasteiger partial charge in [-0.2, -0.15) is 0 Å². The van der Waals surface area contributed by atoms with E-state index in [-0.39, 0.29) is 17.7 Å². The second-order valence-electron chi connectivity index (χ2n) is 21.7. The van der Waals surface area contributed by atoms with Gasteiger partial charge in [0.15, 0.2) is 0 Å². The number of hydrogen-bond donors (Lipinski definition) is 0. The first-order valence-corrected chi connectivity index (χ1v) is 27.5. The van der Waals surface area contributed by atoms with Gasteiger partial charge in [0, 0.05) is 50.9 Å². The van der Waals surface area contributed by atoms with E-state index in [0.29, 0.717) is 0 Å². The lowest BCUT2D eigenvalue weighted by Crippen LogP contribution is -2.61. The Balaban J connectivity index is 1.05. The van der Waals surface area contributed by atoms with Gasteiger partial charge < -0.3 is 14.7 Å². The Morgan fingerprint density at radius 1 is 0.325 bits per heavy atom. The van der Waals surface area contributed by atoms with Gasteiger partial charge in [-0.25, -0.2) is 0 Å². The molecule has 0 saturated heterocycles. The van der Waals surface area contributed by atoms with Crippen LogP contribution in [-0.4, -0.2) is 12.3 Å². The van der Waals surface area contributed by atoms with Crippen LogP contribution in [0.4, 0.5) is 45.5 Å². The Kier molecular flexibility index (Phi) is 10.6. The maximum Gasteiger partial charge on any atom is 0.252 e. The number of benzene rings is 11. The van der Waals surface area contributed by atoms with Crippen molar-refractivity contribution < 1.29 is 0 Å². The first-order valence-electron chi connectivity index (χ1n) is 27.5. The zero-order valence-corrected chi connectivity index (χ0v) is 43.2. The number of anilines is 8.